The number of aromatic nitrogens is 2. The Balaban J connectivity index is 1.67. The highest BCUT2D eigenvalue weighted by Crippen LogP contribution is 2.30. The molecule has 2 aromatic rings. The van der Waals surface area contributed by atoms with Crippen molar-refractivity contribution in [3.63, 3.8) is 0 Å². The molecule has 0 aromatic carbocycles. The standard InChI is InChI=1S/C18H24N4O3S/c1-18(2,7-5-14(23)24)21-16(25)12-4-3-8-22(10-12)15-13-6-9-26-17(13)20-11-19-15/h6,9,11-12H,3-5,7-8,10H2,1-2H3,(H,21,25)(H,23,24). The van der Waals surface area contributed by atoms with Crippen molar-refractivity contribution < 1.29 is 14.7 Å². The van der Waals surface area contributed by atoms with Crippen LogP contribution in [-0.2, 0) is 9.59 Å². The lowest BCUT2D eigenvalue weighted by Crippen LogP contribution is -2.50. The highest BCUT2D eigenvalue weighted by molar-refractivity contribution is 7.16. The minimum Gasteiger partial charge on any atom is -0.481 e. The lowest BCUT2D eigenvalue weighted by atomic mass is 9.93. The Morgan fingerprint density at radius 2 is 2.23 bits per heavy atom. The van der Waals surface area contributed by atoms with Gasteiger partial charge in [0, 0.05) is 25.0 Å². The molecule has 26 heavy (non-hydrogen) atoms. The maximum Gasteiger partial charge on any atom is 0.303 e. The van der Waals surface area contributed by atoms with Crippen LogP contribution in [0.3, 0.4) is 0 Å². The van der Waals surface area contributed by atoms with Gasteiger partial charge in [0.1, 0.15) is 17.0 Å². The third-order valence-corrected chi connectivity index (χ3v) is 5.58. The number of carbonyl (C=O) groups excluding carboxylic acids is 1. The minimum absolute atomic E-state index is 0.0132. The molecule has 7 nitrogen and oxygen atoms in total. The SMILES string of the molecule is CC(C)(CCC(=O)O)NC(=O)C1CCCN(c2ncnc3sccc23)C1. The average Bonchev–Trinajstić information content (AvgIpc) is 3.08. The Bertz CT molecular complexity index is 805. The predicted octanol–water partition coefficient (Wildman–Crippen LogP) is 2.67. The molecule has 1 unspecified atom stereocenters. The number of nitrogens with zero attached hydrogens (tertiary/aromatic N) is 3. The van der Waals surface area contributed by atoms with Crippen molar-refractivity contribution in [1.82, 2.24) is 15.3 Å². The van der Waals surface area contributed by atoms with Gasteiger partial charge >= 0.3 is 5.97 Å². The fourth-order valence-electron chi connectivity index (χ4n) is 3.33. The van der Waals surface area contributed by atoms with E-state index >= 15 is 0 Å². The van der Waals surface area contributed by atoms with E-state index < -0.39 is 11.5 Å². The summed E-state index contributed by atoms with van der Waals surface area (Å²) >= 11 is 1.58. The van der Waals surface area contributed by atoms with Crippen molar-refractivity contribution in [2.24, 2.45) is 5.92 Å². The second-order valence-electron chi connectivity index (χ2n) is 7.39. The van der Waals surface area contributed by atoms with Gasteiger partial charge in [-0.15, -0.1) is 11.3 Å². The maximum absolute atomic E-state index is 12.7. The maximum atomic E-state index is 12.7. The van der Waals surface area contributed by atoms with E-state index in [0.717, 1.165) is 35.4 Å². The highest BCUT2D eigenvalue weighted by Gasteiger charge is 2.31. The van der Waals surface area contributed by atoms with Gasteiger partial charge in [0.15, 0.2) is 0 Å². The van der Waals surface area contributed by atoms with E-state index in [9.17, 15) is 9.59 Å². The molecule has 2 N–H and O–H groups in total. The average molecular weight is 376 g/mol. The molecule has 1 atom stereocenters. The van der Waals surface area contributed by atoms with E-state index in [1.165, 1.54) is 0 Å². The first-order valence-corrected chi connectivity index (χ1v) is 9.71. The van der Waals surface area contributed by atoms with Crippen LogP contribution in [0.4, 0.5) is 5.82 Å². The number of fused-ring (bicyclic) bond motifs is 1. The second-order valence-corrected chi connectivity index (χ2v) is 8.28. The molecule has 1 aliphatic heterocycles. The number of thiophene rings is 1. The minimum atomic E-state index is -0.847. The number of anilines is 1. The van der Waals surface area contributed by atoms with E-state index in [2.05, 4.69) is 20.2 Å². The number of amides is 1. The zero-order valence-corrected chi connectivity index (χ0v) is 15.9. The summed E-state index contributed by atoms with van der Waals surface area (Å²) in [6.45, 7) is 5.22. The van der Waals surface area contributed by atoms with Crippen LogP contribution in [-0.4, -0.2) is 45.6 Å². The molecule has 0 saturated carbocycles. The van der Waals surface area contributed by atoms with Crippen LogP contribution in [0.2, 0.25) is 0 Å². The summed E-state index contributed by atoms with van der Waals surface area (Å²) in [5.74, 6) is -0.101. The third-order valence-electron chi connectivity index (χ3n) is 4.76. The molecule has 1 fully saturated rings. The predicted molar refractivity (Wildman–Crippen MR) is 101 cm³/mol. The van der Waals surface area contributed by atoms with E-state index in [1.807, 2.05) is 25.3 Å². The normalized spacial score (nSPS) is 18.1. The molecule has 0 radical (unpaired) electrons. The number of piperidine rings is 1. The van der Waals surface area contributed by atoms with Crippen LogP contribution in [0.25, 0.3) is 10.2 Å². The van der Waals surface area contributed by atoms with Crippen molar-refractivity contribution in [2.45, 2.75) is 45.1 Å². The summed E-state index contributed by atoms with van der Waals surface area (Å²) in [6, 6.07) is 2.02. The van der Waals surface area contributed by atoms with Crippen molar-refractivity contribution in [2.75, 3.05) is 18.0 Å². The Kier molecular flexibility index (Phi) is 5.41. The molecule has 1 aliphatic rings. The van der Waals surface area contributed by atoms with Gasteiger partial charge in [0.2, 0.25) is 5.91 Å². The fraction of sp³-hybridized carbons (Fsp3) is 0.556. The number of nitrogens with one attached hydrogen (secondary N) is 1. The zero-order valence-electron chi connectivity index (χ0n) is 15.1. The van der Waals surface area contributed by atoms with Crippen LogP contribution < -0.4 is 10.2 Å². The Hall–Kier alpha value is -2.22. The van der Waals surface area contributed by atoms with Gasteiger partial charge in [-0.2, -0.15) is 0 Å². The second kappa shape index (κ2) is 7.57. The third kappa shape index (κ3) is 4.30. The van der Waals surface area contributed by atoms with Crippen molar-refractivity contribution >= 4 is 39.2 Å². The number of hydrogen-bond donors (Lipinski definition) is 2. The summed E-state index contributed by atoms with van der Waals surface area (Å²) in [6.07, 6.45) is 3.78. The lowest BCUT2D eigenvalue weighted by molar-refractivity contribution is -0.138. The molecule has 0 spiro atoms. The first-order valence-electron chi connectivity index (χ1n) is 8.83. The molecule has 140 valence electrons. The molecular weight excluding hydrogens is 352 g/mol. The van der Waals surface area contributed by atoms with Gasteiger partial charge in [-0.3, -0.25) is 9.59 Å². The molecule has 0 bridgehead atoms. The lowest BCUT2D eigenvalue weighted by Gasteiger charge is -2.35. The number of carboxylic acids is 1. The number of aliphatic carboxylic acids is 1. The van der Waals surface area contributed by atoms with Crippen LogP contribution in [0.5, 0.6) is 0 Å². The Morgan fingerprint density at radius 1 is 1.42 bits per heavy atom. The van der Waals surface area contributed by atoms with Gasteiger partial charge in [-0.1, -0.05) is 0 Å². The van der Waals surface area contributed by atoms with Gasteiger partial charge in [0.25, 0.3) is 0 Å². The largest absolute Gasteiger partial charge is 0.481 e. The van der Waals surface area contributed by atoms with E-state index in [0.29, 0.717) is 13.0 Å². The number of hydrogen-bond acceptors (Lipinski definition) is 6. The molecule has 8 heteroatoms. The van der Waals surface area contributed by atoms with Crippen molar-refractivity contribution in [3.8, 4) is 0 Å². The van der Waals surface area contributed by atoms with Crippen molar-refractivity contribution in [1.29, 1.82) is 0 Å². The summed E-state index contributed by atoms with van der Waals surface area (Å²) in [5, 5.41) is 14.9. The molecule has 0 aliphatic carbocycles. The number of carbonyl (C=O) groups is 2. The first kappa shape index (κ1) is 18.6. The summed E-state index contributed by atoms with van der Waals surface area (Å²) in [7, 11) is 0. The molecule has 1 saturated heterocycles. The van der Waals surface area contributed by atoms with Gasteiger partial charge in [0.05, 0.1) is 11.3 Å². The molecule has 3 heterocycles. The Morgan fingerprint density at radius 3 is 3.00 bits per heavy atom. The van der Waals surface area contributed by atoms with Crippen LogP contribution >= 0.6 is 11.3 Å². The van der Waals surface area contributed by atoms with Crippen LogP contribution in [0.1, 0.15) is 39.5 Å². The zero-order chi connectivity index (χ0) is 18.7. The number of rotatable bonds is 6. The monoisotopic (exact) mass is 376 g/mol. The van der Waals surface area contributed by atoms with Crippen LogP contribution in [0.15, 0.2) is 17.8 Å². The highest BCUT2D eigenvalue weighted by atomic mass is 32.1. The summed E-state index contributed by atoms with van der Waals surface area (Å²) in [5.41, 5.74) is -0.534. The molecule has 1 amide bonds. The first-order chi connectivity index (χ1) is 12.4. The van der Waals surface area contributed by atoms with Crippen LogP contribution in [0, 0.1) is 5.92 Å². The Labute approximate surface area is 156 Å². The quantitative estimate of drug-likeness (QED) is 0.805. The molecule has 2 aromatic heterocycles. The smallest absolute Gasteiger partial charge is 0.303 e. The van der Waals surface area contributed by atoms with Gasteiger partial charge in [-0.05, 0) is 44.6 Å². The summed E-state index contributed by atoms with van der Waals surface area (Å²) in [4.78, 5) is 35.4. The van der Waals surface area contributed by atoms with Crippen molar-refractivity contribution in [3.05, 3.63) is 17.8 Å². The molecule has 3 rings (SSSR count). The van der Waals surface area contributed by atoms with E-state index in [-0.39, 0.29) is 18.2 Å². The van der Waals surface area contributed by atoms with E-state index in [4.69, 9.17) is 5.11 Å². The van der Waals surface area contributed by atoms with E-state index in [1.54, 1.807) is 17.7 Å². The fourth-order valence-corrected chi connectivity index (χ4v) is 4.06. The molecular formula is C18H24N4O3S. The number of carboxylic acid groups (broad SMARTS) is 1. The van der Waals surface area contributed by atoms with Gasteiger partial charge in [-0.25, -0.2) is 9.97 Å². The summed E-state index contributed by atoms with van der Waals surface area (Å²) < 4.78 is 0. The van der Waals surface area contributed by atoms with Gasteiger partial charge < -0.3 is 15.3 Å². The topological polar surface area (TPSA) is 95.4 Å².